The average molecular weight is 394 g/mol. The first-order chi connectivity index (χ1) is 12.4. The minimum Gasteiger partial charge on any atom is -0.337 e. The Morgan fingerprint density at radius 2 is 2.12 bits per heavy atom. The zero-order valence-electron chi connectivity index (χ0n) is 14.7. The summed E-state index contributed by atoms with van der Waals surface area (Å²) in [6.07, 6.45) is 1.79. The molecule has 1 aliphatic rings. The van der Waals surface area contributed by atoms with Crippen LogP contribution >= 0.6 is 11.3 Å². The molecule has 0 spiro atoms. The number of rotatable bonds is 6. The summed E-state index contributed by atoms with van der Waals surface area (Å²) in [6.45, 7) is 3.49. The van der Waals surface area contributed by atoms with Crippen LogP contribution in [0.3, 0.4) is 0 Å². The topological polar surface area (TPSA) is 79.4 Å². The van der Waals surface area contributed by atoms with E-state index in [1.807, 2.05) is 25.1 Å². The zero-order valence-corrected chi connectivity index (χ0v) is 16.4. The van der Waals surface area contributed by atoms with Crippen LogP contribution in [0, 0.1) is 12.8 Å². The van der Waals surface area contributed by atoms with Gasteiger partial charge in [-0.15, -0.1) is 11.3 Å². The predicted molar refractivity (Wildman–Crippen MR) is 103 cm³/mol. The molecule has 2 aromatic rings. The maximum Gasteiger partial charge on any atom is 0.273 e. The molecule has 1 aromatic carbocycles. The van der Waals surface area contributed by atoms with Crippen molar-refractivity contribution in [2.45, 2.75) is 25.5 Å². The van der Waals surface area contributed by atoms with Crippen molar-refractivity contribution >= 4 is 27.3 Å². The van der Waals surface area contributed by atoms with Crippen molar-refractivity contribution in [3.8, 4) is 0 Å². The summed E-state index contributed by atoms with van der Waals surface area (Å²) in [5.74, 6) is 0.0329. The molecule has 1 saturated heterocycles. The number of aryl methyl sites for hydroxylation is 1. The number of likely N-dealkylation sites (tertiary alicyclic amines) is 1. The Morgan fingerprint density at radius 1 is 1.35 bits per heavy atom. The molecule has 1 N–H and O–H groups in total. The molecule has 0 saturated carbocycles. The van der Waals surface area contributed by atoms with Crippen molar-refractivity contribution in [1.29, 1.82) is 0 Å². The first-order valence-electron chi connectivity index (χ1n) is 8.65. The summed E-state index contributed by atoms with van der Waals surface area (Å²) in [7, 11) is -3.38. The van der Waals surface area contributed by atoms with Crippen molar-refractivity contribution in [1.82, 2.24) is 14.6 Å². The van der Waals surface area contributed by atoms with Crippen molar-refractivity contribution in [3.05, 3.63) is 52.0 Å². The second-order valence-electron chi connectivity index (χ2n) is 6.60. The molecule has 3 rings (SSSR count). The van der Waals surface area contributed by atoms with Gasteiger partial charge in [0.1, 0.15) is 5.69 Å². The summed E-state index contributed by atoms with van der Waals surface area (Å²) >= 11 is 1.46. The molecule has 1 amide bonds. The number of hydrogen-bond acceptors (Lipinski definition) is 5. The lowest BCUT2D eigenvalue weighted by molar-refractivity contribution is 0.0671. The Kier molecular flexibility index (Phi) is 6.05. The Balaban J connectivity index is 1.54. The summed E-state index contributed by atoms with van der Waals surface area (Å²) in [4.78, 5) is 18.6. The van der Waals surface area contributed by atoms with Gasteiger partial charge in [0.15, 0.2) is 0 Å². The van der Waals surface area contributed by atoms with Crippen LogP contribution < -0.4 is 4.72 Å². The second kappa shape index (κ2) is 8.28. The van der Waals surface area contributed by atoms with Crippen LogP contribution in [-0.2, 0) is 15.8 Å². The highest BCUT2D eigenvalue weighted by Gasteiger charge is 2.26. The van der Waals surface area contributed by atoms with Gasteiger partial charge in [0.05, 0.1) is 10.8 Å². The minimum atomic E-state index is -3.38. The lowest BCUT2D eigenvalue weighted by Crippen LogP contribution is -2.44. The first-order valence-corrected chi connectivity index (χ1v) is 11.2. The van der Waals surface area contributed by atoms with E-state index in [1.165, 1.54) is 11.3 Å². The molecule has 0 aliphatic carbocycles. The molecular weight excluding hydrogens is 370 g/mol. The SMILES string of the molecule is Cc1nc(C(=O)N2CCC[C@@H](CNS(=O)(=O)Cc3ccccc3)C2)cs1. The van der Waals surface area contributed by atoms with E-state index in [-0.39, 0.29) is 17.6 Å². The molecule has 1 atom stereocenters. The van der Waals surface area contributed by atoms with Crippen LogP contribution in [0.15, 0.2) is 35.7 Å². The van der Waals surface area contributed by atoms with E-state index in [1.54, 1.807) is 22.4 Å². The standard InChI is InChI=1S/C18H23N3O3S2/c1-14-20-17(12-25-14)18(22)21-9-5-8-16(11-21)10-19-26(23,24)13-15-6-3-2-4-7-15/h2-4,6-7,12,16,19H,5,8-11,13H2,1H3/t16-/m0/s1. The van der Waals surface area contributed by atoms with Gasteiger partial charge in [0.25, 0.3) is 5.91 Å². The third kappa shape index (κ3) is 5.12. The number of amides is 1. The number of sulfonamides is 1. The number of piperidine rings is 1. The van der Waals surface area contributed by atoms with Crippen LogP contribution in [-0.4, -0.2) is 43.8 Å². The first kappa shape index (κ1) is 19.0. The number of aromatic nitrogens is 1. The number of hydrogen-bond donors (Lipinski definition) is 1. The van der Waals surface area contributed by atoms with Gasteiger partial charge in [-0.05, 0) is 31.2 Å². The average Bonchev–Trinajstić information content (AvgIpc) is 3.07. The van der Waals surface area contributed by atoms with Gasteiger partial charge >= 0.3 is 0 Å². The number of nitrogens with one attached hydrogen (secondary N) is 1. The Hall–Kier alpha value is -1.77. The highest BCUT2D eigenvalue weighted by atomic mass is 32.2. The molecule has 8 heteroatoms. The third-order valence-corrected chi connectivity index (χ3v) is 6.53. The highest BCUT2D eigenvalue weighted by molar-refractivity contribution is 7.88. The molecular formula is C18H23N3O3S2. The summed E-state index contributed by atoms with van der Waals surface area (Å²) < 4.78 is 27.3. The van der Waals surface area contributed by atoms with Crippen molar-refractivity contribution < 1.29 is 13.2 Å². The number of thiazole rings is 1. The van der Waals surface area contributed by atoms with Crippen molar-refractivity contribution in [3.63, 3.8) is 0 Å². The third-order valence-electron chi connectivity index (χ3n) is 4.44. The van der Waals surface area contributed by atoms with Crippen LogP contribution in [0.5, 0.6) is 0 Å². The molecule has 1 aliphatic heterocycles. The van der Waals surface area contributed by atoms with Gasteiger partial charge in [-0.1, -0.05) is 30.3 Å². The van der Waals surface area contributed by atoms with Crippen LogP contribution in [0.4, 0.5) is 0 Å². The summed E-state index contributed by atoms with van der Waals surface area (Å²) in [5.41, 5.74) is 1.25. The normalized spacial score (nSPS) is 18.0. The molecule has 2 heterocycles. The maximum atomic E-state index is 12.5. The van der Waals surface area contributed by atoms with Gasteiger partial charge in [-0.3, -0.25) is 4.79 Å². The molecule has 26 heavy (non-hydrogen) atoms. The number of benzene rings is 1. The van der Waals surface area contributed by atoms with E-state index in [0.29, 0.717) is 25.3 Å². The van der Waals surface area contributed by atoms with Gasteiger partial charge in [-0.25, -0.2) is 18.1 Å². The lowest BCUT2D eigenvalue weighted by atomic mass is 9.98. The smallest absolute Gasteiger partial charge is 0.273 e. The van der Waals surface area contributed by atoms with Crippen molar-refractivity contribution in [2.24, 2.45) is 5.92 Å². The van der Waals surface area contributed by atoms with E-state index in [4.69, 9.17) is 0 Å². The molecule has 1 fully saturated rings. The fourth-order valence-electron chi connectivity index (χ4n) is 3.13. The van der Waals surface area contributed by atoms with E-state index < -0.39 is 10.0 Å². The predicted octanol–water partition coefficient (Wildman–Crippen LogP) is 2.42. The van der Waals surface area contributed by atoms with Gasteiger partial charge in [0.2, 0.25) is 10.0 Å². The Bertz CT molecular complexity index is 850. The number of carbonyl (C=O) groups is 1. The minimum absolute atomic E-state index is 0.0265. The monoisotopic (exact) mass is 393 g/mol. The number of carbonyl (C=O) groups excluding carboxylic acids is 1. The molecule has 0 unspecified atom stereocenters. The molecule has 0 bridgehead atoms. The molecule has 6 nitrogen and oxygen atoms in total. The van der Waals surface area contributed by atoms with E-state index in [2.05, 4.69) is 9.71 Å². The zero-order chi connectivity index (χ0) is 18.6. The largest absolute Gasteiger partial charge is 0.337 e. The quantitative estimate of drug-likeness (QED) is 0.817. The lowest BCUT2D eigenvalue weighted by Gasteiger charge is -2.32. The van der Waals surface area contributed by atoms with Gasteiger partial charge in [-0.2, -0.15) is 0 Å². The van der Waals surface area contributed by atoms with Crippen LogP contribution in [0.1, 0.15) is 33.9 Å². The van der Waals surface area contributed by atoms with Crippen LogP contribution in [0.25, 0.3) is 0 Å². The van der Waals surface area contributed by atoms with E-state index in [0.717, 1.165) is 23.4 Å². The van der Waals surface area contributed by atoms with Gasteiger partial charge in [0, 0.05) is 25.0 Å². The van der Waals surface area contributed by atoms with Crippen LogP contribution in [0.2, 0.25) is 0 Å². The Labute approximate surface area is 158 Å². The fraction of sp³-hybridized carbons (Fsp3) is 0.444. The summed E-state index contributed by atoms with van der Waals surface area (Å²) in [6, 6.07) is 9.12. The fourth-order valence-corrected chi connectivity index (χ4v) is 4.94. The van der Waals surface area contributed by atoms with E-state index >= 15 is 0 Å². The van der Waals surface area contributed by atoms with Crippen molar-refractivity contribution in [2.75, 3.05) is 19.6 Å². The molecule has 1 aromatic heterocycles. The second-order valence-corrected chi connectivity index (χ2v) is 9.47. The molecule has 140 valence electrons. The maximum absolute atomic E-state index is 12.5. The van der Waals surface area contributed by atoms with E-state index in [9.17, 15) is 13.2 Å². The number of nitrogens with zero attached hydrogens (tertiary/aromatic N) is 2. The highest BCUT2D eigenvalue weighted by Crippen LogP contribution is 2.19. The van der Waals surface area contributed by atoms with Gasteiger partial charge < -0.3 is 4.90 Å². The molecule has 0 radical (unpaired) electrons. The summed E-state index contributed by atoms with van der Waals surface area (Å²) in [5, 5.41) is 2.65. The Morgan fingerprint density at radius 3 is 2.81 bits per heavy atom.